The number of esters is 1. The van der Waals surface area contributed by atoms with Crippen LogP contribution in [0.4, 0.5) is 0 Å². The van der Waals surface area contributed by atoms with Gasteiger partial charge in [-0.2, -0.15) is 0 Å². The lowest BCUT2D eigenvalue weighted by atomic mass is 10.1. The molecule has 1 rings (SSSR count). The first-order valence-electron chi connectivity index (χ1n) is 4.63. The monoisotopic (exact) mass is 197 g/mol. The van der Waals surface area contributed by atoms with Crippen LogP contribution in [0.1, 0.15) is 26.2 Å². The van der Waals surface area contributed by atoms with Gasteiger partial charge in [-0.15, -0.1) is 0 Å². The van der Waals surface area contributed by atoms with Crippen LogP contribution in [0, 0.1) is 11.4 Å². The molecule has 0 amide bonds. The molecule has 0 radical (unpaired) electrons. The number of ketones is 1. The molecule has 1 fully saturated rings. The molecule has 0 unspecified atom stereocenters. The van der Waals surface area contributed by atoms with E-state index in [1.54, 1.807) is 6.92 Å². The number of carbonyl (C=O) groups is 2. The van der Waals surface area contributed by atoms with Gasteiger partial charge in [-0.05, 0) is 25.7 Å². The topological polar surface area (TPSA) is 81.3 Å². The van der Waals surface area contributed by atoms with Gasteiger partial charge in [0.1, 0.15) is 0 Å². The Morgan fingerprint density at radius 3 is 2.57 bits per heavy atom. The number of ether oxygens (including phenoxy) is 1. The van der Waals surface area contributed by atoms with Crippen molar-refractivity contribution in [2.24, 2.45) is 5.92 Å². The van der Waals surface area contributed by atoms with Gasteiger partial charge in [-0.3, -0.25) is 4.79 Å². The third kappa shape index (κ3) is 2.78. The highest BCUT2D eigenvalue weighted by Gasteiger charge is 2.37. The van der Waals surface area contributed by atoms with E-state index in [1.807, 2.05) is 0 Å². The van der Waals surface area contributed by atoms with Crippen LogP contribution in [0.2, 0.25) is 0 Å². The van der Waals surface area contributed by atoms with E-state index in [-0.39, 0.29) is 18.1 Å². The van der Waals surface area contributed by atoms with Crippen LogP contribution < -0.4 is 0 Å². The molecule has 0 spiro atoms. The van der Waals surface area contributed by atoms with Gasteiger partial charge in [-0.1, -0.05) is 0 Å². The molecule has 0 aliphatic heterocycles. The van der Waals surface area contributed by atoms with E-state index in [9.17, 15) is 9.59 Å². The molecule has 1 aliphatic carbocycles. The zero-order valence-corrected chi connectivity index (χ0v) is 8.08. The van der Waals surface area contributed by atoms with Gasteiger partial charge in [0, 0.05) is 6.42 Å². The molecule has 76 valence electrons. The zero-order valence-electron chi connectivity index (χ0n) is 8.08. The summed E-state index contributed by atoms with van der Waals surface area (Å²) in [7, 11) is 0. The van der Waals surface area contributed by atoms with Crippen LogP contribution in [-0.2, 0) is 14.3 Å². The second kappa shape index (κ2) is 4.67. The summed E-state index contributed by atoms with van der Waals surface area (Å²) >= 11 is 0. The van der Waals surface area contributed by atoms with Gasteiger partial charge >= 0.3 is 11.7 Å². The van der Waals surface area contributed by atoms with Crippen molar-refractivity contribution in [3.63, 3.8) is 0 Å². The van der Waals surface area contributed by atoms with Crippen molar-refractivity contribution in [3.05, 3.63) is 0 Å². The van der Waals surface area contributed by atoms with Crippen molar-refractivity contribution < 1.29 is 19.1 Å². The van der Waals surface area contributed by atoms with Crippen molar-refractivity contribution >= 4 is 17.5 Å². The highest BCUT2D eigenvalue weighted by molar-refractivity contribution is 6.62. The lowest BCUT2D eigenvalue weighted by Gasteiger charge is -1.94. The zero-order chi connectivity index (χ0) is 10.6. The largest absolute Gasteiger partial charge is 0.490 e. The number of nitrogens with zero attached hydrogens (tertiary/aromatic N) is 1. The minimum Gasteiger partial charge on any atom is -0.457 e. The molecule has 0 saturated heterocycles. The first kappa shape index (κ1) is 10.6. The Morgan fingerprint density at radius 1 is 1.50 bits per heavy atom. The Hall–Kier alpha value is -1.48. The number of hydrogen-bond donors (Lipinski definition) is 1. The smallest absolute Gasteiger partial charge is 0.457 e. The van der Waals surface area contributed by atoms with Crippen molar-refractivity contribution in [2.75, 3.05) is 6.61 Å². The minimum absolute atomic E-state index is 0.189. The summed E-state index contributed by atoms with van der Waals surface area (Å²) in [5.74, 6) is -0.775. The number of Topliss-reactive ketones (excluding diaryl/α,β-unsaturated/α-hetero) is 1. The number of hydrogen-bond acceptors (Lipinski definition) is 4. The fourth-order valence-corrected chi connectivity index (χ4v) is 1.10. The molecule has 5 nitrogen and oxygen atoms in total. The van der Waals surface area contributed by atoms with Crippen LogP contribution >= 0.6 is 0 Å². The molecule has 0 bridgehead atoms. The third-order valence-electron chi connectivity index (χ3n) is 2.02. The first-order valence-corrected chi connectivity index (χ1v) is 4.63. The Morgan fingerprint density at radius 2 is 2.14 bits per heavy atom. The molecule has 0 aromatic heterocycles. The molecule has 1 saturated carbocycles. The second-order valence-electron chi connectivity index (χ2n) is 3.25. The summed E-state index contributed by atoms with van der Waals surface area (Å²) < 4.78 is 4.61. The van der Waals surface area contributed by atoms with E-state index >= 15 is 0 Å². The van der Waals surface area contributed by atoms with Gasteiger partial charge in [0.05, 0.1) is 16.9 Å². The maximum absolute atomic E-state index is 11.4. The Labute approximate surface area is 81.7 Å². The van der Waals surface area contributed by atoms with E-state index in [4.69, 9.17) is 5.53 Å². The van der Waals surface area contributed by atoms with Crippen LogP contribution in [0.15, 0.2) is 0 Å². The Balaban J connectivity index is 2.56. The molecule has 0 aromatic rings. The molecule has 1 aliphatic rings. The first-order chi connectivity index (χ1) is 6.69. The summed E-state index contributed by atoms with van der Waals surface area (Å²) in [5, 5.41) is 0. The highest BCUT2D eigenvalue weighted by atomic mass is 16.5. The molecule has 0 atom stereocenters. The van der Waals surface area contributed by atoms with Crippen molar-refractivity contribution in [3.8, 4) is 0 Å². The summed E-state index contributed by atoms with van der Waals surface area (Å²) in [6.07, 6.45) is 2.37. The Bertz CT molecular complexity index is 301. The molecule has 5 heteroatoms. The summed E-state index contributed by atoms with van der Waals surface area (Å²) in [4.78, 5) is 25.4. The van der Waals surface area contributed by atoms with Gasteiger partial charge in [-0.25, -0.2) is 4.79 Å². The van der Waals surface area contributed by atoms with Crippen LogP contribution in [-0.4, -0.2) is 28.9 Å². The minimum atomic E-state index is -0.784. The van der Waals surface area contributed by atoms with Crippen LogP contribution in [0.25, 0.3) is 0 Å². The summed E-state index contributed by atoms with van der Waals surface area (Å²) in [6, 6.07) is 0. The normalized spacial score (nSPS) is 14.4. The molecular formula is C9H13N2O3+. The van der Waals surface area contributed by atoms with E-state index in [1.165, 1.54) is 0 Å². The lowest BCUT2D eigenvalue weighted by molar-refractivity contribution is -0.156. The van der Waals surface area contributed by atoms with E-state index in [0.29, 0.717) is 12.3 Å². The highest BCUT2D eigenvalue weighted by Crippen LogP contribution is 2.32. The molecular weight excluding hydrogens is 184 g/mol. The average Bonchev–Trinajstić information content (AvgIpc) is 2.90. The predicted octanol–water partition coefficient (Wildman–Crippen LogP) is 0.599. The molecule has 1 N–H and O–H groups in total. The maximum Gasteiger partial charge on any atom is 0.490 e. The van der Waals surface area contributed by atoms with Gasteiger partial charge < -0.3 is 4.74 Å². The summed E-state index contributed by atoms with van der Waals surface area (Å²) in [5.41, 5.74) is 6.35. The number of nitrogens with one attached hydrogen (secondary N) is 1. The van der Waals surface area contributed by atoms with Crippen molar-refractivity contribution in [1.82, 2.24) is 0 Å². The quantitative estimate of drug-likeness (QED) is 0.230. The van der Waals surface area contributed by atoms with Crippen LogP contribution in [0.3, 0.4) is 0 Å². The summed E-state index contributed by atoms with van der Waals surface area (Å²) in [6.45, 7) is 1.83. The van der Waals surface area contributed by atoms with Crippen molar-refractivity contribution in [2.45, 2.75) is 26.2 Å². The molecule has 0 aromatic carbocycles. The second-order valence-corrected chi connectivity index (χ2v) is 3.25. The fraction of sp³-hybridized carbons (Fsp3) is 0.667. The fourth-order valence-electron chi connectivity index (χ4n) is 1.10. The average molecular weight is 197 g/mol. The Kier molecular flexibility index (Phi) is 3.54. The maximum atomic E-state index is 11.4. The number of rotatable bonds is 5. The van der Waals surface area contributed by atoms with Crippen LogP contribution in [0.5, 0.6) is 0 Å². The van der Waals surface area contributed by atoms with E-state index in [2.05, 4.69) is 9.53 Å². The number of carbonyl (C=O) groups excluding carboxylic acids is 2. The van der Waals surface area contributed by atoms with Gasteiger partial charge in [0.15, 0.2) is 0 Å². The van der Waals surface area contributed by atoms with Gasteiger partial charge in [0.2, 0.25) is 0 Å². The predicted molar refractivity (Wildman–Crippen MR) is 47.0 cm³/mol. The third-order valence-corrected chi connectivity index (χ3v) is 2.02. The van der Waals surface area contributed by atoms with E-state index < -0.39 is 5.97 Å². The molecule has 14 heavy (non-hydrogen) atoms. The molecule has 0 heterocycles. The SMILES string of the molecule is CCOC(=O)C(=[N+]=N)C(=O)CC1CC1. The standard InChI is InChI=1S/C9H13N2O3/c1-2-14-9(13)8(11-10)7(12)5-6-3-4-6/h6,10H,2-5H2,1H3/q+1. The van der Waals surface area contributed by atoms with Crippen molar-refractivity contribution in [1.29, 1.82) is 5.53 Å². The van der Waals surface area contributed by atoms with E-state index in [0.717, 1.165) is 12.8 Å². The van der Waals surface area contributed by atoms with Gasteiger partial charge in [0.25, 0.3) is 5.78 Å². The lowest BCUT2D eigenvalue weighted by Crippen LogP contribution is -2.27.